The monoisotopic (exact) mass is 264 g/mol. The van der Waals surface area contributed by atoms with E-state index in [1.807, 2.05) is 7.05 Å². The van der Waals surface area contributed by atoms with Gasteiger partial charge in [0.25, 0.3) is 0 Å². The van der Waals surface area contributed by atoms with E-state index in [1.54, 1.807) is 7.11 Å². The Bertz CT molecular complexity index is 397. The van der Waals surface area contributed by atoms with Crippen molar-refractivity contribution in [2.24, 2.45) is 0 Å². The van der Waals surface area contributed by atoms with Crippen LogP contribution in [-0.2, 0) is 4.74 Å². The standard InChI is InChI=1S/C15H24N2O2/c1-16-14-7-5-9-17(10-12(18)11-19-2)15-8-4-3-6-13(14)15/h3-4,6,8,12,14,16,18H,5,7,9-11H2,1-2H3. The van der Waals surface area contributed by atoms with Crippen LogP contribution in [0.15, 0.2) is 24.3 Å². The van der Waals surface area contributed by atoms with Gasteiger partial charge in [0.2, 0.25) is 0 Å². The molecule has 2 rings (SSSR count). The number of aliphatic hydroxyl groups is 1. The second kappa shape index (κ2) is 6.89. The molecule has 1 aromatic carbocycles. The summed E-state index contributed by atoms with van der Waals surface area (Å²) in [6, 6.07) is 8.87. The van der Waals surface area contributed by atoms with Gasteiger partial charge in [0.15, 0.2) is 0 Å². The molecule has 1 aromatic rings. The number of nitrogens with one attached hydrogen (secondary N) is 1. The summed E-state index contributed by atoms with van der Waals surface area (Å²) < 4.78 is 5.02. The zero-order valence-corrected chi connectivity index (χ0v) is 11.8. The van der Waals surface area contributed by atoms with Gasteiger partial charge in [0.1, 0.15) is 0 Å². The number of para-hydroxylation sites is 1. The van der Waals surface area contributed by atoms with E-state index in [0.29, 0.717) is 19.2 Å². The molecule has 1 heterocycles. The van der Waals surface area contributed by atoms with Gasteiger partial charge in [-0.1, -0.05) is 18.2 Å². The Labute approximate surface area is 115 Å². The third-order valence-corrected chi connectivity index (χ3v) is 3.71. The zero-order valence-electron chi connectivity index (χ0n) is 11.8. The number of nitrogens with zero attached hydrogens (tertiary/aromatic N) is 1. The van der Waals surface area contributed by atoms with Gasteiger partial charge in [-0.25, -0.2) is 0 Å². The van der Waals surface area contributed by atoms with Crippen molar-refractivity contribution in [1.82, 2.24) is 5.32 Å². The topological polar surface area (TPSA) is 44.7 Å². The summed E-state index contributed by atoms with van der Waals surface area (Å²) in [6.45, 7) is 1.99. The lowest BCUT2D eigenvalue weighted by Gasteiger charge is -2.27. The second-order valence-electron chi connectivity index (χ2n) is 5.10. The van der Waals surface area contributed by atoms with E-state index in [4.69, 9.17) is 4.74 Å². The molecule has 1 aliphatic heterocycles. The van der Waals surface area contributed by atoms with E-state index in [1.165, 1.54) is 11.3 Å². The minimum Gasteiger partial charge on any atom is -0.389 e. The number of hydrogen-bond donors (Lipinski definition) is 2. The number of fused-ring (bicyclic) bond motifs is 1. The molecular weight excluding hydrogens is 240 g/mol. The Hall–Kier alpha value is -1.10. The van der Waals surface area contributed by atoms with Gasteiger partial charge < -0.3 is 20.1 Å². The smallest absolute Gasteiger partial charge is 0.0947 e. The van der Waals surface area contributed by atoms with Crippen LogP contribution in [0.4, 0.5) is 5.69 Å². The van der Waals surface area contributed by atoms with Crippen LogP contribution < -0.4 is 10.2 Å². The number of methoxy groups -OCH3 is 1. The Kier molecular flexibility index (Phi) is 5.19. The number of anilines is 1. The largest absolute Gasteiger partial charge is 0.389 e. The van der Waals surface area contributed by atoms with Crippen molar-refractivity contribution in [2.45, 2.75) is 25.0 Å². The minimum atomic E-state index is -0.441. The van der Waals surface area contributed by atoms with Gasteiger partial charge in [-0.2, -0.15) is 0 Å². The summed E-state index contributed by atoms with van der Waals surface area (Å²) in [4.78, 5) is 2.27. The molecule has 0 saturated carbocycles. The highest BCUT2D eigenvalue weighted by molar-refractivity contribution is 5.56. The highest BCUT2D eigenvalue weighted by Gasteiger charge is 2.22. The van der Waals surface area contributed by atoms with Crippen molar-refractivity contribution in [3.05, 3.63) is 29.8 Å². The van der Waals surface area contributed by atoms with Gasteiger partial charge in [-0.15, -0.1) is 0 Å². The second-order valence-corrected chi connectivity index (χ2v) is 5.10. The Balaban J connectivity index is 2.20. The first-order valence-corrected chi connectivity index (χ1v) is 6.94. The van der Waals surface area contributed by atoms with E-state index in [-0.39, 0.29) is 0 Å². The molecular formula is C15H24N2O2. The molecule has 2 atom stereocenters. The van der Waals surface area contributed by atoms with Crippen LogP contribution in [0.1, 0.15) is 24.4 Å². The third kappa shape index (κ3) is 3.47. The fraction of sp³-hybridized carbons (Fsp3) is 0.600. The first-order valence-electron chi connectivity index (χ1n) is 6.94. The van der Waals surface area contributed by atoms with Crippen LogP contribution in [0.2, 0.25) is 0 Å². The summed E-state index contributed by atoms with van der Waals surface area (Å²) >= 11 is 0. The van der Waals surface area contributed by atoms with Crippen molar-refractivity contribution in [3.63, 3.8) is 0 Å². The maximum absolute atomic E-state index is 9.96. The summed E-state index contributed by atoms with van der Waals surface area (Å²) in [6.07, 6.45) is 1.81. The highest BCUT2D eigenvalue weighted by Crippen LogP contribution is 2.32. The molecule has 0 aliphatic carbocycles. The number of benzene rings is 1. The number of ether oxygens (including phenoxy) is 1. The molecule has 0 radical (unpaired) electrons. The molecule has 4 nitrogen and oxygen atoms in total. The summed E-state index contributed by atoms with van der Waals surface area (Å²) in [7, 11) is 3.63. The van der Waals surface area contributed by atoms with Gasteiger partial charge >= 0.3 is 0 Å². The average molecular weight is 264 g/mol. The summed E-state index contributed by atoms with van der Waals surface area (Å²) in [5.41, 5.74) is 2.56. The quantitative estimate of drug-likeness (QED) is 0.847. The average Bonchev–Trinajstić information content (AvgIpc) is 2.59. The summed E-state index contributed by atoms with van der Waals surface area (Å²) in [5, 5.41) is 13.3. The maximum atomic E-state index is 9.96. The molecule has 19 heavy (non-hydrogen) atoms. The van der Waals surface area contributed by atoms with E-state index < -0.39 is 6.10 Å². The van der Waals surface area contributed by atoms with Crippen molar-refractivity contribution < 1.29 is 9.84 Å². The van der Waals surface area contributed by atoms with Crippen molar-refractivity contribution in [1.29, 1.82) is 0 Å². The predicted molar refractivity (Wildman–Crippen MR) is 77.6 cm³/mol. The zero-order chi connectivity index (χ0) is 13.7. The van der Waals surface area contributed by atoms with Crippen molar-refractivity contribution in [2.75, 3.05) is 38.8 Å². The van der Waals surface area contributed by atoms with Crippen LogP contribution >= 0.6 is 0 Å². The number of hydrogen-bond acceptors (Lipinski definition) is 4. The molecule has 2 unspecified atom stereocenters. The molecule has 0 fully saturated rings. The van der Waals surface area contributed by atoms with Crippen molar-refractivity contribution in [3.8, 4) is 0 Å². The normalized spacial score (nSPS) is 20.8. The van der Waals surface area contributed by atoms with E-state index in [9.17, 15) is 5.11 Å². The molecule has 0 spiro atoms. The van der Waals surface area contributed by atoms with E-state index in [2.05, 4.69) is 34.5 Å². The Morgan fingerprint density at radius 3 is 3.00 bits per heavy atom. The van der Waals surface area contributed by atoms with Gasteiger partial charge in [-0.05, 0) is 31.5 Å². The first-order chi connectivity index (χ1) is 9.26. The van der Waals surface area contributed by atoms with Crippen LogP contribution in [0.5, 0.6) is 0 Å². The molecule has 1 aliphatic rings. The molecule has 106 valence electrons. The molecule has 0 bridgehead atoms. The maximum Gasteiger partial charge on any atom is 0.0947 e. The lowest BCUT2D eigenvalue weighted by Crippen LogP contribution is -2.35. The van der Waals surface area contributed by atoms with Crippen LogP contribution in [0.25, 0.3) is 0 Å². The Morgan fingerprint density at radius 1 is 1.47 bits per heavy atom. The van der Waals surface area contributed by atoms with Gasteiger partial charge in [0.05, 0.1) is 12.7 Å². The molecule has 4 heteroatoms. The van der Waals surface area contributed by atoms with Gasteiger partial charge in [-0.3, -0.25) is 0 Å². The van der Waals surface area contributed by atoms with E-state index in [0.717, 1.165) is 19.4 Å². The molecule has 0 aromatic heterocycles. The third-order valence-electron chi connectivity index (χ3n) is 3.71. The van der Waals surface area contributed by atoms with E-state index >= 15 is 0 Å². The van der Waals surface area contributed by atoms with Crippen molar-refractivity contribution >= 4 is 5.69 Å². The lowest BCUT2D eigenvalue weighted by atomic mass is 10.0. The number of aliphatic hydroxyl groups excluding tert-OH is 1. The Morgan fingerprint density at radius 2 is 2.26 bits per heavy atom. The minimum absolute atomic E-state index is 0.383. The van der Waals surface area contributed by atoms with Crippen LogP contribution in [-0.4, -0.2) is 45.1 Å². The molecule has 2 N–H and O–H groups in total. The highest BCUT2D eigenvalue weighted by atomic mass is 16.5. The predicted octanol–water partition coefficient (Wildman–Crippen LogP) is 1.55. The lowest BCUT2D eigenvalue weighted by molar-refractivity contribution is 0.0688. The number of β-amino-alcohol motifs (C(OH)–C–C–N with tert-alkyl or cyclic N) is 1. The number of rotatable bonds is 5. The summed E-state index contributed by atoms with van der Waals surface area (Å²) in [5.74, 6) is 0. The van der Waals surface area contributed by atoms with Crippen LogP contribution in [0, 0.1) is 0 Å². The van der Waals surface area contributed by atoms with Gasteiger partial charge in [0, 0.05) is 31.9 Å². The first kappa shape index (κ1) is 14.3. The fourth-order valence-electron chi connectivity index (χ4n) is 2.82. The van der Waals surface area contributed by atoms with Crippen LogP contribution in [0.3, 0.4) is 0 Å². The molecule has 0 amide bonds. The SMILES string of the molecule is CNC1CCCN(CC(O)COC)c2ccccc21. The fourth-order valence-corrected chi connectivity index (χ4v) is 2.82. The molecule has 0 saturated heterocycles.